The lowest BCUT2D eigenvalue weighted by atomic mass is 10.1. The highest BCUT2D eigenvalue weighted by molar-refractivity contribution is 5.48. The number of ether oxygens (including phenoxy) is 2. The van der Waals surface area contributed by atoms with Crippen LogP contribution in [0.25, 0.3) is 0 Å². The number of benzene rings is 1. The smallest absolute Gasteiger partial charge is 0.231 e. The van der Waals surface area contributed by atoms with Crippen molar-refractivity contribution >= 4 is 0 Å². The topological polar surface area (TPSA) is 34.6 Å². The standard InChI is InChI=1S/C18H22N2O2/c1-3-14(2)20(11-15-7-9-19-10-8-15)12-16-5-4-6-17-18(16)22-13-21-17/h4-10,14H,3,11-13H2,1-2H3. The Balaban J connectivity index is 1.80. The molecular weight excluding hydrogens is 276 g/mol. The molecule has 2 aromatic rings. The van der Waals surface area contributed by atoms with Crippen molar-refractivity contribution in [2.45, 2.75) is 39.4 Å². The van der Waals surface area contributed by atoms with Crippen molar-refractivity contribution in [3.05, 3.63) is 53.9 Å². The van der Waals surface area contributed by atoms with Crippen LogP contribution < -0.4 is 9.47 Å². The second kappa shape index (κ2) is 6.79. The Hall–Kier alpha value is -2.07. The third-order valence-corrected chi connectivity index (χ3v) is 4.20. The monoisotopic (exact) mass is 298 g/mol. The van der Waals surface area contributed by atoms with Gasteiger partial charge in [0.2, 0.25) is 6.79 Å². The molecule has 3 rings (SSSR count). The van der Waals surface area contributed by atoms with E-state index < -0.39 is 0 Å². The van der Waals surface area contributed by atoms with Gasteiger partial charge in [0.15, 0.2) is 11.5 Å². The zero-order valence-corrected chi connectivity index (χ0v) is 13.2. The first kappa shape index (κ1) is 14.9. The van der Waals surface area contributed by atoms with Crippen LogP contribution >= 0.6 is 0 Å². The van der Waals surface area contributed by atoms with E-state index in [1.165, 1.54) is 11.1 Å². The summed E-state index contributed by atoms with van der Waals surface area (Å²) in [5, 5.41) is 0. The van der Waals surface area contributed by atoms with Crippen LogP contribution in [-0.4, -0.2) is 22.7 Å². The van der Waals surface area contributed by atoms with Gasteiger partial charge < -0.3 is 9.47 Å². The van der Waals surface area contributed by atoms with Gasteiger partial charge in [-0.2, -0.15) is 0 Å². The fraction of sp³-hybridized carbons (Fsp3) is 0.389. The van der Waals surface area contributed by atoms with Crippen LogP contribution in [0.1, 0.15) is 31.4 Å². The fourth-order valence-electron chi connectivity index (χ4n) is 2.68. The van der Waals surface area contributed by atoms with Gasteiger partial charge in [-0.1, -0.05) is 19.1 Å². The highest BCUT2D eigenvalue weighted by Gasteiger charge is 2.21. The van der Waals surface area contributed by atoms with Crippen molar-refractivity contribution in [2.24, 2.45) is 0 Å². The van der Waals surface area contributed by atoms with Gasteiger partial charge in [-0.3, -0.25) is 9.88 Å². The Bertz CT molecular complexity index is 616. The third kappa shape index (κ3) is 3.22. The van der Waals surface area contributed by atoms with Gasteiger partial charge in [0, 0.05) is 37.1 Å². The van der Waals surface area contributed by atoms with Crippen LogP contribution in [0.4, 0.5) is 0 Å². The lowest BCUT2D eigenvalue weighted by Crippen LogP contribution is -2.31. The molecule has 0 aliphatic carbocycles. The second-order valence-electron chi connectivity index (χ2n) is 5.67. The van der Waals surface area contributed by atoms with Crippen LogP contribution in [0, 0.1) is 0 Å². The molecule has 22 heavy (non-hydrogen) atoms. The van der Waals surface area contributed by atoms with Gasteiger partial charge >= 0.3 is 0 Å². The molecule has 1 aliphatic heterocycles. The summed E-state index contributed by atoms with van der Waals surface area (Å²) >= 11 is 0. The number of aromatic nitrogens is 1. The van der Waals surface area contributed by atoms with Gasteiger partial charge in [0.25, 0.3) is 0 Å². The molecule has 0 bridgehead atoms. The Labute approximate surface area is 131 Å². The van der Waals surface area contributed by atoms with E-state index in [1.807, 2.05) is 24.5 Å². The molecule has 1 aliphatic rings. The molecule has 1 atom stereocenters. The van der Waals surface area contributed by atoms with Crippen LogP contribution in [0.5, 0.6) is 11.5 Å². The van der Waals surface area contributed by atoms with Crippen LogP contribution in [0.2, 0.25) is 0 Å². The number of hydrogen-bond acceptors (Lipinski definition) is 4. The van der Waals surface area contributed by atoms with Crippen LogP contribution in [0.15, 0.2) is 42.7 Å². The van der Waals surface area contributed by atoms with Crippen molar-refractivity contribution in [1.29, 1.82) is 0 Å². The summed E-state index contributed by atoms with van der Waals surface area (Å²) in [6.07, 6.45) is 4.81. The predicted molar refractivity (Wildman–Crippen MR) is 85.8 cm³/mol. The van der Waals surface area contributed by atoms with E-state index in [1.54, 1.807) is 0 Å². The first-order valence-corrected chi connectivity index (χ1v) is 7.78. The summed E-state index contributed by atoms with van der Waals surface area (Å²) in [5.74, 6) is 1.75. The van der Waals surface area contributed by atoms with E-state index in [2.05, 4.69) is 41.9 Å². The SMILES string of the molecule is CCC(C)N(Cc1ccncc1)Cc1cccc2c1OCO2. The Kier molecular flexibility index (Phi) is 4.59. The molecular formula is C18H22N2O2. The molecule has 1 aromatic heterocycles. The van der Waals surface area contributed by atoms with Gasteiger partial charge in [-0.15, -0.1) is 0 Å². The second-order valence-corrected chi connectivity index (χ2v) is 5.67. The summed E-state index contributed by atoms with van der Waals surface area (Å²) in [4.78, 5) is 6.56. The van der Waals surface area contributed by atoms with E-state index in [0.717, 1.165) is 31.0 Å². The Morgan fingerprint density at radius 1 is 1.14 bits per heavy atom. The van der Waals surface area contributed by atoms with Crippen LogP contribution in [0.3, 0.4) is 0 Å². The van der Waals surface area contributed by atoms with Gasteiger partial charge in [0.05, 0.1) is 0 Å². The average molecular weight is 298 g/mol. The maximum absolute atomic E-state index is 5.64. The minimum Gasteiger partial charge on any atom is -0.454 e. The molecule has 0 radical (unpaired) electrons. The molecule has 116 valence electrons. The van der Waals surface area contributed by atoms with Crippen molar-refractivity contribution in [3.63, 3.8) is 0 Å². The zero-order valence-electron chi connectivity index (χ0n) is 13.2. The molecule has 0 saturated carbocycles. The molecule has 0 fully saturated rings. The lowest BCUT2D eigenvalue weighted by Gasteiger charge is -2.29. The van der Waals surface area contributed by atoms with Gasteiger partial charge in [-0.05, 0) is 37.1 Å². The minimum absolute atomic E-state index is 0.319. The largest absolute Gasteiger partial charge is 0.454 e. The number of rotatable bonds is 6. The zero-order chi connectivity index (χ0) is 15.4. The van der Waals surface area contributed by atoms with Gasteiger partial charge in [-0.25, -0.2) is 0 Å². The molecule has 4 heteroatoms. The third-order valence-electron chi connectivity index (χ3n) is 4.20. The van der Waals surface area contributed by atoms with E-state index in [0.29, 0.717) is 12.8 Å². The van der Waals surface area contributed by atoms with Crippen molar-refractivity contribution in [3.8, 4) is 11.5 Å². The first-order chi connectivity index (χ1) is 10.8. The van der Waals surface area contributed by atoms with E-state index in [4.69, 9.17) is 9.47 Å². The minimum atomic E-state index is 0.319. The summed E-state index contributed by atoms with van der Waals surface area (Å²) in [5.41, 5.74) is 2.46. The highest BCUT2D eigenvalue weighted by atomic mass is 16.7. The van der Waals surface area contributed by atoms with Crippen LogP contribution in [-0.2, 0) is 13.1 Å². The van der Waals surface area contributed by atoms with Crippen molar-refractivity contribution in [2.75, 3.05) is 6.79 Å². The molecule has 1 aromatic carbocycles. The molecule has 4 nitrogen and oxygen atoms in total. The lowest BCUT2D eigenvalue weighted by molar-refractivity contribution is 0.165. The molecule has 0 amide bonds. The molecule has 1 unspecified atom stereocenters. The summed E-state index contributed by atoms with van der Waals surface area (Å²) in [6, 6.07) is 10.8. The molecule has 0 saturated heterocycles. The summed E-state index contributed by atoms with van der Waals surface area (Å²) in [6.45, 7) is 6.56. The average Bonchev–Trinajstić information content (AvgIpc) is 3.04. The predicted octanol–water partition coefficient (Wildman–Crippen LogP) is 3.61. The fourth-order valence-corrected chi connectivity index (χ4v) is 2.68. The number of pyridine rings is 1. The number of fused-ring (bicyclic) bond motifs is 1. The molecule has 0 spiro atoms. The van der Waals surface area contributed by atoms with Crippen molar-refractivity contribution in [1.82, 2.24) is 9.88 Å². The van der Waals surface area contributed by atoms with E-state index in [-0.39, 0.29) is 0 Å². The number of nitrogens with zero attached hydrogens (tertiary/aromatic N) is 2. The first-order valence-electron chi connectivity index (χ1n) is 7.78. The molecule has 2 heterocycles. The van der Waals surface area contributed by atoms with Gasteiger partial charge in [0.1, 0.15) is 0 Å². The maximum Gasteiger partial charge on any atom is 0.231 e. The molecule has 0 N–H and O–H groups in total. The summed E-state index contributed by atoms with van der Waals surface area (Å²) < 4.78 is 11.1. The normalized spacial score (nSPS) is 14.3. The van der Waals surface area contributed by atoms with Crippen molar-refractivity contribution < 1.29 is 9.47 Å². The quantitative estimate of drug-likeness (QED) is 0.816. The Morgan fingerprint density at radius 3 is 2.73 bits per heavy atom. The van der Waals surface area contributed by atoms with E-state index >= 15 is 0 Å². The highest BCUT2D eigenvalue weighted by Crippen LogP contribution is 2.36. The number of hydrogen-bond donors (Lipinski definition) is 0. The Morgan fingerprint density at radius 2 is 1.95 bits per heavy atom. The maximum atomic E-state index is 5.64. The summed E-state index contributed by atoms with van der Waals surface area (Å²) in [7, 11) is 0. The van der Waals surface area contributed by atoms with E-state index in [9.17, 15) is 0 Å². The number of para-hydroxylation sites is 1.